The van der Waals surface area contributed by atoms with Gasteiger partial charge in [-0.05, 0) is 35.4 Å². The zero-order chi connectivity index (χ0) is 25.1. The summed E-state index contributed by atoms with van der Waals surface area (Å²) in [6.45, 7) is 0. The van der Waals surface area contributed by atoms with Gasteiger partial charge in [-0.2, -0.15) is 0 Å². The van der Waals surface area contributed by atoms with Gasteiger partial charge in [0.25, 0.3) is 5.56 Å². The smallest absolute Gasteiger partial charge is 0.331 e. The molecule has 0 saturated heterocycles. The molecule has 0 saturated carbocycles. The number of methoxy groups -OCH3 is 1. The molecule has 0 radical (unpaired) electrons. The molecule has 180 valence electrons. The number of para-hydroxylation sites is 2. The number of nitrogens with zero attached hydrogens (tertiary/aromatic N) is 3. The van der Waals surface area contributed by atoms with Crippen LogP contribution in [0.2, 0.25) is 0 Å². The van der Waals surface area contributed by atoms with Crippen LogP contribution >= 0.6 is 0 Å². The minimum Gasteiger partial charge on any atom is -0.504 e. The molecule has 2 aromatic heterocycles. The van der Waals surface area contributed by atoms with Crippen LogP contribution in [0, 0.1) is 0 Å². The minimum atomic E-state index is -0.438. The van der Waals surface area contributed by atoms with E-state index in [1.807, 2.05) is 60.7 Å². The number of hydrogen-bond donors (Lipinski definition) is 2. The monoisotopic (exact) mass is 480 g/mol. The molecular formula is C28H24N4O4. The lowest BCUT2D eigenvalue weighted by Gasteiger charge is -2.31. The van der Waals surface area contributed by atoms with Crippen LogP contribution in [0.3, 0.4) is 0 Å². The lowest BCUT2D eigenvalue weighted by Crippen LogP contribution is -2.37. The van der Waals surface area contributed by atoms with Crippen LogP contribution in [0.1, 0.15) is 17.3 Å². The van der Waals surface area contributed by atoms with Crippen molar-refractivity contribution in [2.75, 3.05) is 12.4 Å². The molecule has 2 N–H and O–H groups in total. The van der Waals surface area contributed by atoms with E-state index in [4.69, 9.17) is 4.74 Å². The summed E-state index contributed by atoms with van der Waals surface area (Å²) >= 11 is 0. The maximum Gasteiger partial charge on any atom is 0.331 e. The molecule has 0 bridgehead atoms. The number of fused-ring (bicyclic) bond motifs is 5. The van der Waals surface area contributed by atoms with Crippen LogP contribution in [0.4, 0.5) is 5.69 Å². The Balaban J connectivity index is 1.84. The molecule has 0 fully saturated rings. The number of aryl methyl sites for hydroxylation is 1. The Morgan fingerprint density at radius 1 is 0.917 bits per heavy atom. The molecule has 1 unspecified atom stereocenters. The Hall–Kier alpha value is -4.72. The number of phenolic OH excluding ortho intramolecular Hbond substituents is 1. The van der Waals surface area contributed by atoms with Crippen molar-refractivity contribution in [2.45, 2.75) is 6.04 Å². The van der Waals surface area contributed by atoms with Crippen LogP contribution in [0.25, 0.3) is 27.8 Å². The molecule has 0 spiro atoms. The first kappa shape index (κ1) is 21.8. The standard InChI is InChI=1S/C28H24N4O4/c1-30-25-22(27(34)31(2)28(30)35)24(16-9-5-4-6-10-16)32-19-12-8-7-11-18(19)29-23(26(25)32)17-13-14-20(33)21(15-17)36-3/h4-15,23,29,33H,1-3H3. The van der Waals surface area contributed by atoms with Gasteiger partial charge < -0.3 is 19.7 Å². The molecule has 0 amide bonds. The van der Waals surface area contributed by atoms with Crippen LogP contribution in [0.15, 0.2) is 82.4 Å². The van der Waals surface area contributed by atoms with Crippen molar-refractivity contribution in [3.8, 4) is 28.4 Å². The first-order chi connectivity index (χ1) is 17.4. The van der Waals surface area contributed by atoms with Gasteiger partial charge in [-0.1, -0.05) is 48.5 Å². The summed E-state index contributed by atoms with van der Waals surface area (Å²) < 4.78 is 10.1. The highest BCUT2D eigenvalue weighted by molar-refractivity contribution is 5.99. The molecule has 36 heavy (non-hydrogen) atoms. The molecular weight excluding hydrogens is 456 g/mol. The second-order valence-corrected chi connectivity index (χ2v) is 8.89. The summed E-state index contributed by atoms with van der Waals surface area (Å²) in [5.41, 5.74) is 4.71. The van der Waals surface area contributed by atoms with E-state index in [9.17, 15) is 14.7 Å². The fraction of sp³-hybridized carbons (Fsp3) is 0.143. The zero-order valence-electron chi connectivity index (χ0n) is 20.0. The van der Waals surface area contributed by atoms with Crippen molar-refractivity contribution in [3.63, 3.8) is 0 Å². The van der Waals surface area contributed by atoms with Gasteiger partial charge in [0.15, 0.2) is 11.5 Å². The summed E-state index contributed by atoms with van der Waals surface area (Å²) in [5.74, 6) is 0.368. The maximum atomic E-state index is 13.7. The van der Waals surface area contributed by atoms with Crippen molar-refractivity contribution in [3.05, 3.63) is 105 Å². The van der Waals surface area contributed by atoms with Crippen LogP contribution in [-0.2, 0) is 14.1 Å². The number of hydrogen-bond acceptors (Lipinski definition) is 5. The number of anilines is 1. The summed E-state index contributed by atoms with van der Waals surface area (Å²) in [6, 6.07) is 22.3. The number of nitrogens with one attached hydrogen (secondary N) is 1. The Kier molecular flexibility index (Phi) is 4.79. The summed E-state index contributed by atoms with van der Waals surface area (Å²) in [6.07, 6.45) is 0. The third kappa shape index (κ3) is 2.94. The lowest BCUT2D eigenvalue weighted by atomic mass is 9.99. The van der Waals surface area contributed by atoms with E-state index in [1.54, 1.807) is 19.2 Å². The molecule has 5 aromatic rings. The van der Waals surface area contributed by atoms with Gasteiger partial charge in [0.1, 0.15) is 0 Å². The van der Waals surface area contributed by atoms with Gasteiger partial charge in [-0.15, -0.1) is 0 Å². The Morgan fingerprint density at radius 2 is 1.64 bits per heavy atom. The fourth-order valence-corrected chi connectivity index (χ4v) is 5.21. The van der Waals surface area contributed by atoms with Crippen LogP contribution in [-0.4, -0.2) is 25.9 Å². The van der Waals surface area contributed by atoms with Crippen LogP contribution < -0.4 is 21.3 Å². The molecule has 3 heterocycles. The normalized spacial score (nSPS) is 14.2. The maximum absolute atomic E-state index is 13.7. The SMILES string of the molecule is COc1cc(C2Nc3ccccc3-n3c(-c4ccccc4)c4c(=O)n(C)c(=O)n(C)c4c32)ccc1O. The van der Waals surface area contributed by atoms with Crippen LogP contribution in [0.5, 0.6) is 11.5 Å². The average Bonchev–Trinajstić information content (AvgIpc) is 3.28. The highest BCUT2D eigenvalue weighted by Gasteiger charge is 2.35. The molecule has 1 aliphatic heterocycles. The van der Waals surface area contributed by atoms with E-state index >= 15 is 0 Å². The average molecular weight is 481 g/mol. The minimum absolute atomic E-state index is 0.0314. The highest BCUT2D eigenvalue weighted by Crippen LogP contribution is 2.46. The molecule has 3 aromatic carbocycles. The number of ether oxygens (including phenoxy) is 1. The van der Waals surface area contributed by atoms with Gasteiger partial charge in [-0.25, -0.2) is 4.79 Å². The van der Waals surface area contributed by atoms with Crippen molar-refractivity contribution >= 4 is 16.6 Å². The highest BCUT2D eigenvalue weighted by atomic mass is 16.5. The largest absolute Gasteiger partial charge is 0.504 e. The number of benzene rings is 3. The second kappa shape index (κ2) is 7.91. The number of aromatic nitrogens is 3. The lowest BCUT2D eigenvalue weighted by molar-refractivity contribution is 0.373. The van der Waals surface area contributed by atoms with Gasteiger partial charge in [0.05, 0.1) is 46.8 Å². The Bertz CT molecular complexity index is 1780. The van der Waals surface area contributed by atoms with Gasteiger partial charge in [0, 0.05) is 14.1 Å². The first-order valence-electron chi connectivity index (χ1n) is 11.5. The van der Waals surface area contributed by atoms with E-state index < -0.39 is 11.7 Å². The molecule has 6 rings (SSSR count). The quantitative estimate of drug-likeness (QED) is 0.409. The summed E-state index contributed by atoms with van der Waals surface area (Å²) in [5, 5.41) is 14.3. The van der Waals surface area contributed by atoms with Gasteiger partial charge in [-0.3, -0.25) is 13.9 Å². The van der Waals surface area contributed by atoms with E-state index in [-0.39, 0.29) is 11.3 Å². The summed E-state index contributed by atoms with van der Waals surface area (Å²) in [4.78, 5) is 26.8. The number of rotatable bonds is 3. The fourth-order valence-electron chi connectivity index (χ4n) is 5.21. The van der Waals surface area contributed by atoms with Crippen molar-refractivity contribution in [1.29, 1.82) is 0 Å². The molecule has 0 aliphatic carbocycles. The van der Waals surface area contributed by atoms with Crippen molar-refractivity contribution in [2.24, 2.45) is 14.1 Å². The summed E-state index contributed by atoms with van der Waals surface area (Å²) in [7, 11) is 4.69. The van der Waals surface area contributed by atoms with Gasteiger partial charge in [0.2, 0.25) is 0 Å². The molecule has 8 heteroatoms. The Labute approximate surface area is 206 Å². The Morgan fingerprint density at radius 3 is 2.39 bits per heavy atom. The zero-order valence-corrected chi connectivity index (χ0v) is 20.0. The van der Waals surface area contributed by atoms with Crippen molar-refractivity contribution in [1.82, 2.24) is 13.7 Å². The van der Waals surface area contributed by atoms with E-state index in [0.29, 0.717) is 16.7 Å². The van der Waals surface area contributed by atoms with Gasteiger partial charge >= 0.3 is 5.69 Å². The third-order valence-corrected chi connectivity index (χ3v) is 6.91. The predicted molar refractivity (Wildman–Crippen MR) is 139 cm³/mol. The predicted octanol–water partition coefficient (Wildman–Crippen LogP) is 3.92. The molecule has 1 atom stereocenters. The topological polar surface area (TPSA) is 90.4 Å². The van der Waals surface area contributed by atoms with E-state index in [0.717, 1.165) is 38.5 Å². The molecule has 8 nitrogen and oxygen atoms in total. The number of aromatic hydroxyl groups is 1. The van der Waals surface area contributed by atoms with Crippen molar-refractivity contribution < 1.29 is 9.84 Å². The van der Waals surface area contributed by atoms with E-state index in [2.05, 4.69) is 9.88 Å². The first-order valence-corrected chi connectivity index (χ1v) is 11.5. The second-order valence-electron chi connectivity index (χ2n) is 8.89. The van der Waals surface area contributed by atoms with E-state index in [1.165, 1.54) is 18.7 Å². The number of phenols is 1. The molecule has 1 aliphatic rings. The third-order valence-electron chi connectivity index (χ3n) is 6.91.